The molecule has 2 aliphatic rings. The maximum absolute atomic E-state index is 14.3. The van der Waals surface area contributed by atoms with Crippen LogP contribution in [-0.4, -0.2) is 49.1 Å². The van der Waals surface area contributed by atoms with Crippen molar-refractivity contribution < 1.29 is 33.1 Å². The van der Waals surface area contributed by atoms with E-state index in [0.717, 1.165) is 35.1 Å². The number of carbonyl (C=O) groups is 2. The normalized spacial score (nSPS) is 17.9. The van der Waals surface area contributed by atoms with E-state index in [1.807, 2.05) is 103 Å². The number of ketones is 1. The van der Waals surface area contributed by atoms with E-state index in [-0.39, 0.29) is 41.8 Å². The van der Waals surface area contributed by atoms with Crippen LogP contribution in [0.25, 0.3) is 18.2 Å². The van der Waals surface area contributed by atoms with E-state index in [9.17, 15) is 9.59 Å². The number of hydrogen-bond acceptors (Lipinski definition) is 8. The highest BCUT2D eigenvalue weighted by atomic mass is 16.5. The van der Waals surface area contributed by atoms with Gasteiger partial charge in [-0.15, -0.1) is 0 Å². The number of ether oxygens (including phenoxy) is 4. The average Bonchev–Trinajstić information content (AvgIpc) is 3.73. The molecule has 9 heteroatoms. The van der Waals surface area contributed by atoms with E-state index in [1.165, 1.54) is 5.57 Å². The molecule has 0 spiro atoms. The van der Waals surface area contributed by atoms with Gasteiger partial charge in [-0.25, -0.2) is 0 Å². The Hall–Kier alpha value is -6.61. The van der Waals surface area contributed by atoms with Gasteiger partial charge in [-0.1, -0.05) is 110 Å². The van der Waals surface area contributed by atoms with Crippen LogP contribution in [0.1, 0.15) is 72.1 Å². The number of hydrogen-bond donors (Lipinski definition) is 0. The number of Topliss-reactive ketones (excluding diaryl/α,β-unsaturated/α-hetero) is 1. The molecule has 0 radical (unpaired) electrons. The van der Waals surface area contributed by atoms with Crippen molar-refractivity contribution in [1.82, 2.24) is 10.1 Å². The van der Waals surface area contributed by atoms with Gasteiger partial charge in [0.05, 0.1) is 27.3 Å². The van der Waals surface area contributed by atoms with Crippen LogP contribution in [0.2, 0.25) is 0 Å². The molecule has 1 fully saturated rings. The minimum absolute atomic E-state index is 0.0669. The van der Waals surface area contributed by atoms with Crippen LogP contribution in [0.5, 0.6) is 23.0 Å². The van der Waals surface area contributed by atoms with Crippen molar-refractivity contribution in [3.05, 3.63) is 166 Å². The Morgan fingerprint density at radius 1 is 0.780 bits per heavy atom. The molecular weight excluding hydrogens is 741 g/mol. The fraction of sp³-hybridized carbons (Fsp3) is 0.260. The molecule has 5 aromatic rings. The van der Waals surface area contributed by atoms with Crippen LogP contribution in [0.4, 0.5) is 0 Å². The number of aromatic nitrogens is 1. The minimum atomic E-state index is -0.351. The summed E-state index contributed by atoms with van der Waals surface area (Å²) in [5.41, 5.74) is 5.94. The van der Waals surface area contributed by atoms with Crippen molar-refractivity contribution in [2.24, 2.45) is 11.3 Å². The van der Waals surface area contributed by atoms with Crippen LogP contribution < -0.4 is 18.9 Å². The summed E-state index contributed by atoms with van der Waals surface area (Å²) < 4.78 is 29.2. The Kier molecular flexibility index (Phi) is 12.6. The largest absolute Gasteiger partial charge is 0.493 e. The quantitative estimate of drug-likeness (QED) is 0.0859. The lowest BCUT2D eigenvalue weighted by atomic mass is 9.68. The molecule has 1 atom stereocenters. The zero-order valence-electron chi connectivity index (χ0n) is 34.3. The van der Waals surface area contributed by atoms with Crippen LogP contribution in [0.15, 0.2) is 137 Å². The van der Waals surface area contributed by atoms with Gasteiger partial charge in [0.15, 0.2) is 40.2 Å². The van der Waals surface area contributed by atoms with Crippen LogP contribution in [0.3, 0.4) is 0 Å². The molecule has 0 bridgehead atoms. The van der Waals surface area contributed by atoms with Gasteiger partial charge in [0.25, 0.3) is 5.91 Å². The predicted octanol–water partition coefficient (Wildman–Crippen LogP) is 10.4. The number of rotatable bonds is 13. The summed E-state index contributed by atoms with van der Waals surface area (Å²) in [6.07, 6.45) is 12.1. The third-order valence-electron chi connectivity index (χ3n) is 10.9. The highest BCUT2D eigenvalue weighted by molar-refractivity contribution is 6.15. The molecule has 1 aliphatic heterocycles. The second-order valence-corrected chi connectivity index (χ2v) is 15.6. The van der Waals surface area contributed by atoms with Crippen molar-refractivity contribution >= 4 is 29.9 Å². The van der Waals surface area contributed by atoms with Crippen molar-refractivity contribution in [3.63, 3.8) is 0 Å². The molecule has 1 amide bonds. The number of likely N-dealkylation sites (tertiary alicyclic amines) is 1. The maximum atomic E-state index is 14.3. The van der Waals surface area contributed by atoms with E-state index >= 15 is 0 Å². The van der Waals surface area contributed by atoms with Gasteiger partial charge in [0, 0.05) is 23.1 Å². The smallest absolute Gasteiger partial charge is 0.276 e. The highest BCUT2D eigenvalue weighted by Gasteiger charge is 2.33. The summed E-state index contributed by atoms with van der Waals surface area (Å²) in [5, 5.41) is 4.17. The third-order valence-corrected chi connectivity index (χ3v) is 10.9. The van der Waals surface area contributed by atoms with Gasteiger partial charge < -0.3 is 28.4 Å². The third kappa shape index (κ3) is 9.92. The summed E-state index contributed by atoms with van der Waals surface area (Å²) in [4.78, 5) is 30.1. The van der Waals surface area contributed by atoms with E-state index in [1.54, 1.807) is 37.3 Å². The van der Waals surface area contributed by atoms with Crippen molar-refractivity contribution in [2.45, 2.75) is 46.8 Å². The number of benzene rings is 4. The molecule has 1 aromatic heterocycles. The second-order valence-electron chi connectivity index (χ2n) is 15.6. The Labute approximate surface area is 346 Å². The molecule has 59 heavy (non-hydrogen) atoms. The molecule has 1 unspecified atom stereocenters. The molecule has 302 valence electrons. The molecular formula is C50H50N2O7. The van der Waals surface area contributed by atoms with Gasteiger partial charge in [-0.2, -0.15) is 0 Å². The van der Waals surface area contributed by atoms with Gasteiger partial charge in [-0.3, -0.25) is 9.59 Å². The number of nitrogens with zero attached hydrogens (tertiary/aromatic N) is 2. The first-order valence-corrected chi connectivity index (χ1v) is 19.9. The first-order valence-electron chi connectivity index (χ1n) is 19.9. The van der Waals surface area contributed by atoms with E-state index in [0.29, 0.717) is 53.1 Å². The SMILES string of the molecule is COc1cc(/C=C2\CN(C(=O)c3cc(/C=C/C4C(C)=CCCC4(C)C)on3)C/C(=C\c3ccc(OCc4ccccc4)c(OC)c3)C2=O)ccc1OCc1ccccc1. The molecule has 0 saturated carbocycles. The molecule has 2 heterocycles. The fourth-order valence-corrected chi connectivity index (χ4v) is 7.65. The Morgan fingerprint density at radius 3 is 1.83 bits per heavy atom. The molecule has 7 rings (SSSR count). The van der Waals surface area contributed by atoms with E-state index in [4.69, 9.17) is 23.5 Å². The second kappa shape index (κ2) is 18.3. The molecule has 1 aliphatic carbocycles. The predicted molar refractivity (Wildman–Crippen MR) is 230 cm³/mol. The summed E-state index contributed by atoms with van der Waals surface area (Å²) in [6, 6.07) is 32.5. The average molecular weight is 791 g/mol. The van der Waals surface area contributed by atoms with Crippen LogP contribution in [-0.2, 0) is 18.0 Å². The van der Waals surface area contributed by atoms with Gasteiger partial charge >= 0.3 is 0 Å². The first kappa shape index (κ1) is 40.6. The number of allylic oxidation sites excluding steroid dienone is 3. The standard InChI is InChI=1S/C50H50N2O7/c1-34-13-12-24-50(2,3)42(34)21-20-41-29-43(51-59-41)49(54)52-30-39(25-37-18-22-44(46(27-37)55-4)57-32-35-14-8-6-9-15-35)48(53)40(31-52)26-38-19-23-45(47(28-38)56-5)58-33-36-16-10-7-11-17-36/h6-11,13-23,25-29,42H,12,24,30-33H2,1-5H3/b21-20+,39-25+,40-26+. The van der Waals surface area contributed by atoms with Crippen molar-refractivity contribution in [2.75, 3.05) is 27.3 Å². The Bertz CT molecular complexity index is 2290. The topological polar surface area (TPSA) is 100 Å². The summed E-state index contributed by atoms with van der Waals surface area (Å²) in [5.74, 6) is 2.41. The minimum Gasteiger partial charge on any atom is -0.493 e. The van der Waals surface area contributed by atoms with Crippen molar-refractivity contribution in [3.8, 4) is 23.0 Å². The fourth-order valence-electron chi connectivity index (χ4n) is 7.65. The number of amides is 1. The molecule has 9 nitrogen and oxygen atoms in total. The number of carbonyl (C=O) groups excluding carboxylic acids is 2. The zero-order chi connectivity index (χ0) is 41.4. The van der Waals surface area contributed by atoms with Gasteiger partial charge in [-0.05, 0) is 89.9 Å². The van der Waals surface area contributed by atoms with E-state index in [2.05, 4.69) is 38.1 Å². The summed E-state index contributed by atoms with van der Waals surface area (Å²) in [7, 11) is 3.16. The lowest BCUT2D eigenvalue weighted by molar-refractivity contribution is -0.113. The van der Waals surface area contributed by atoms with Crippen LogP contribution >= 0.6 is 0 Å². The lowest BCUT2D eigenvalue weighted by Gasteiger charge is -2.36. The summed E-state index contributed by atoms with van der Waals surface area (Å²) >= 11 is 0. The molecule has 1 saturated heterocycles. The maximum Gasteiger partial charge on any atom is 0.276 e. The highest BCUT2D eigenvalue weighted by Crippen LogP contribution is 2.42. The number of methoxy groups -OCH3 is 2. The Balaban J connectivity index is 1.17. The number of piperidine rings is 1. The van der Waals surface area contributed by atoms with E-state index < -0.39 is 0 Å². The molecule has 4 aromatic carbocycles. The summed E-state index contributed by atoms with van der Waals surface area (Å²) in [6.45, 7) is 7.59. The zero-order valence-corrected chi connectivity index (χ0v) is 34.3. The lowest BCUT2D eigenvalue weighted by Crippen LogP contribution is -2.41. The first-order chi connectivity index (χ1) is 28.6. The van der Waals surface area contributed by atoms with Crippen molar-refractivity contribution in [1.29, 1.82) is 0 Å². The molecule has 0 N–H and O–H groups in total. The Morgan fingerprint density at radius 2 is 1.32 bits per heavy atom. The van der Waals surface area contributed by atoms with Crippen LogP contribution in [0, 0.1) is 11.3 Å². The monoisotopic (exact) mass is 790 g/mol. The van der Waals surface area contributed by atoms with Gasteiger partial charge in [0.2, 0.25) is 0 Å². The van der Waals surface area contributed by atoms with Gasteiger partial charge in [0.1, 0.15) is 13.2 Å².